The van der Waals surface area contributed by atoms with Gasteiger partial charge in [-0.05, 0) is 31.9 Å². The summed E-state index contributed by atoms with van der Waals surface area (Å²) in [5.74, 6) is -0.309. The minimum atomic E-state index is -0.583. The Hall–Kier alpha value is -2.62. The molecule has 0 radical (unpaired) electrons. The third kappa shape index (κ3) is 4.42. The molecule has 0 bridgehead atoms. The predicted molar refractivity (Wildman–Crippen MR) is 90.0 cm³/mol. The van der Waals surface area contributed by atoms with Gasteiger partial charge in [0.2, 0.25) is 5.78 Å². The highest BCUT2D eigenvalue weighted by molar-refractivity contribution is 6.42. The molecule has 0 saturated heterocycles. The Morgan fingerprint density at radius 1 is 1.00 bits per heavy atom. The Bertz CT molecular complexity index is 705. The molecule has 2 rings (SSSR count). The average molecular weight is 311 g/mol. The normalized spacial score (nSPS) is 10.2. The van der Waals surface area contributed by atoms with Crippen LogP contribution < -0.4 is 10.1 Å². The molecule has 0 spiro atoms. The molecule has 0 unspecified atom stereocenters. The number of carbonyl (C=O) groups is 2. The number of aryl methyl sites for hydroxylation is 2. The van der Waals surface area contributed by atoms with Gasteiger partial charge in [0.05, 0.1) is 7.11 Å². The van der Waals surface area contributed by atoms with Gasteiger partial charge in [0.15, 0.2) is 0 Å². The van der Waals surface area contributed by atoms with Crippen LogP contribution in [-0.4, -0.2) is 25.3 Å². The molecule has 4 heteroatoms. The summed E-state index contributed by atoms with van der Waals surface area (Å²) >= 11 is 0. The lowest BCUT2D eigenvalue weighted by atomic mass is 10.1. The summed E-state index contributed by atoms with van der Waals surface area (Å²) < 4.78 is 5.31. The minimum Gasteiger partial charge on any atom is -0.496 e. The van der Waals surface area contributed by atoms with Gasteiger partial charge in [-0.15, -0.1) is 0 Å². The summed E-state index contributed by atoms with van der Waals surface area (Å²) in [5, 5.41) is 2.67. The van der Waals surface area contributed by atoms with Gasteiger partial charge in [0, 0.05) is 12.1 Å². The van der Waals surface area contributed by atoms with E-state index in [0.29, 0.717) is 18.5 Å². The Morgan fingerprint density at radius 2 is 1.65 bits per heavy atom. The molecule has 0 atom stereocenters. The maximum absolute atomic E-state index is 12.0. The lowest BCUT2D eigenvalue weighted by molar-refractivity contribution is -0.116. The Kier molecular flexibility index (Phi) is 5.52. The summed E-state index contributed by atoms with van der Waals surface area (Å²) in [6.07, 6.45) is 0.609. The van der Waals surface area contributed by atoms with Crippen LogP contribution >= 0.6 is 0 Å². The van der Waals surface area contributed by atoms with Gasteiger partial charge in [-0.3, -0.25) is 9.59 Å². The third-order valence-electron chi connectivity index (χ3n) is 3.64. The van der Waals surface area contributed by atoms with E-state index in [9.17, 15) is 9.59 Å². The molecule has 0 fully saturated rings. The van der Waals surface area contributed by atoms with E-state index in [1.165, 1.54) is 0 Å². The van der Waals surface area contributed by atoms with E-state index in [2.05, 4.69) is 5.32 Å². The third-order valence-corrected chi connectivity index (χ3v) is 3.64. The van der Waals surface area contributed by atoms with Crippen LogP contribution in [0.2, 0.25) is 0 Å². The van der Waals surface area contributed by atoms with E-state index < -0.39 is 11.7 Å². The van der Waals surface area contributed by atoms with Crippen molar-refractivity contribution < 1.29 is 14.3 Å². The number of hydrogen-bond donors (Lipinski definition) is 1. The summed E-state index contributed by atoms with van der Waals surface area (Å²) in [6, 6.07) is 12.9. The van der Waals surface area contributed by atoms with Crippen LogP contribution in [0.3, 0.4) is 0 Å². The second-order valence-corrected chi connectivity index (χ2v) is 5.52. The first-order chi connectivity index (χ1) is 11.0. The number of amides is 1. The first-order valence-electron chi connectivity index (χ1n) is 7.54. The van der Waals surface area contributed by atoms with Crippen LogP contribution in [0.25, 0.3) is 0 Å². The van der Waals surface area contributed by atoms with Gasteiger partial charge < -0.3 is 10.1 Å². The molecule has 120 valence electrons. The monoisotopic (exact) mass is 311 g/mol. The first kappa shape index (κ1) is 16.7. The highest BCUT2D eigenvalue weighted by Gasteiger charge is 2.15. The topological polar surface area (TPSA) is 55.4 Å². The Balaban J connectivity index is 1.93. The standard InChI is InChI=1S/C19H21NO3/c1-13-4-7-15(8-5-13)18(21)19(22)20-11-10-16-12-14(2)6-9-17(16)23-3/h4-9,12H,10-11H2,1-3H3,(H,20,22). The zero-order valence-electron chi connectivity index (χ0n) is 13.7. The summed E-state index contributed by atoms with van der Waals surface area (Å²) in [6.45, 7) is 4.32. The molecule has 2 aromatic rings. The van der Waals surface area contributed by atoms with Crippen LogP contribution in [0.5, 0.6) is 5.75 Å². The molecule has 1 amide bonds. The van der Waals surface area contributed by atoms with E-state index in [1.54, 1.807) is 19.2 Å². The first-order valence-corrected chi connectivity index (χ1v) is 7.54. The maximum Gasteiger partial charge on any atom is 0.292 e. The smallest absolute Gasteiger partial charge is 0.292 e. The molecule has 0 heterocycles. The largest absolute Gasteiger partial charge is 0.496 e. The highest BCUT2D eigenvalue weighted by Crippen LogP contribution is 2.19. The zero-order chi connectivity index (χ0) is 16.8. The van der Waals surface area contributed by atoms with Crippen LogP contribution in [0.15, 0.2) is 42.5 Å². The number of methoxy groups -OCH3 is 1. The summed E-state index contributed by atoms with van der Waals surface area (Å²) in [4.78, 5) is 24.0. The van der Waals surface area contributed by atoms with Crippen LogP contribution in [0.1, 0.15) is 27.0 Å². The summed E-state index contributed by atoms with van der Waals surface area (Å²) in [5.41, 5.74) is 3.59. The number of ether oxygens (including phenoxy) is 1. The number of ketones is 1. The van der Waals surface area contributed by atoms with Gasteiger partial charge >= 0.3 is 0 Å². The maximum atomic E-state index is 12.0. The Morgan fingerprint density at radius 3 is 2.30 bits per heavy atom. The molecule has 2 aromatic carbocycles. The second-order valence-electron chi connectivity index (χ2n) is 5.52. The van der Waals surface area contributed by atoms with Crippen molar-refractivity contribution in [1.29, 1.82) is 0 Å². The molecule has 0 aromatic heterocycles. The fourth-order valence-electron chi connectivity index (χ4n) is 2.33. The summed E-state index contributed by atoms with van der Waals surface area (Å²) in [7, 11) is 1.62. The van der Waals surface area contributed by atoms with Crippen molar-refractivity contribution in [2.24, 2.45) is 0 Å². The lowest BCUT2D eigenvalue weighted by Gasteiger charge is -2.10. The van der Waals surface area contributed by atoms with E-state index in [1.807, 2.05) is 44.2 Å². The number of nitrogens with one attached hydrogen (secondary N) is 1. The van der Waals surface area contributed by atoms with E-state index in [-0.39, 0.29) is 0 Å². The predicted octanol–water partition coefficient (Wildman–Crippen LogP) is 2.85. The molecule has 0 saturated carbocycles. The molecule has 1 N–H and O–H groups in total. The average Bonchev–Trinajstić information content (AvgIpc) is 2.55. The quantitative estimate of drug-likeness (QED) is 0.659. The molecular formula is C19H21NO3. The fraction of sp³-hybridized carbons (Fsp3) is 0.263. The van der Waals surface area contributed by atoms with Crippen molar-refractivity contribution in [3.8, 4) is 5.75 Å². The number of carbonyl (C=O) groups excluding carboxylic acids is 2. The van der Waals surface area contributed by atoms with E-state index >= 15 is 0 Å². The molecule has 4 nitrogen and oxygen atoms in total. The van der Waals surface area contributed by atoms with Crippen LogP contribution in [0.4, 0.5) is 0 Å². The number of benzene rings is 2. The molecule has 0 aliphatic heterocycles. The van der Waals surface area contributed by atoms with Crippen molar-refractivity contribution >= 4 is 11.7 Å². The van der Waals surface area contributed by atoms with Gasteiger partial charge in [0.25, 0.3) is 5.91 Å². The lowest BCUT2D eigenvalue weighted by Crippen LogP contribution is -2.32. The fourth-order valence-corrected chi connectivity index (χ4v) is 2.33. The van der Waals surface area contributed by atoms with Crippen LogP contribution in [-0.2, 0) is 11.2 Å². The molecule has 0 aliphatic carbocycles. The number of rotatable bonds is 6. The van der Waals surface area contributed by atoms with Crippen LogP contribution in [0, 0.1) is 13.8 Å². The highest BCUT2D eigenvalue weighted by atomic mass is 16.5. The van der Waals surface area contributed by atoms with Crippen molar-refractivity contribution in [3.63, 3.8) is 0 Å². The Labute approximate surface area is 136 Å². The van der Waals surface area contributed by atoms with Crippen molar-refractivity contribution in [2.45, 2.75) is 20.3 Å². The zero-order valence-corrected chi connectivity index (χ0v) is 13.7. The molecule has 0 aliphatic rings. The van der Waals surface area contributed by atoms with Crippen molar-refractivity contribution in [2.75, 3.05) is 13.7 Å². The SMILES string of the molecule is COc1ccc(C)cc1CCNC(=O)C(=O)c1ccc(C)cc1. The molecule has 23 heavy (non-hydrogen) atoms. The molecular weight excluding hydrogens is 290 g/mol. The van der Waals surface area contributed by atoms with E-state index in [4.69, 9.17) is 4.74 Å². The van der Waals surface area contributed by atoms with Crippen molar-refractivity contribution in [1.82, 2.24) is 5.32 Å². The minimum absolute atomic E-state index is 0.385. The van der Waals surface area contributed by atoms with Gasteiger partial charge in [-0.25, -0.2) is 0 Å². The van der Waals surface area contributed by atoms with Gasteiger partial charge in [-0.2, -0.15) is 0 Å². The second kappa shape index (κ2) is 7.58. The van der Waals surface area contributed by atoms with Crippen molar-refractivity contribution in [3.05, 3.63) is 64.7 Å². The van der Waals surface area contributed by atoms with E-state index in [0.717, 1.165) is 22.4 Å². The van der Waals surface area contributed by atoms with Gasteiger partial charge in [0.1, 0.15) is 5.75 Å². The number of Topliss-reactive ketones (excluding diaryl/α,β-unsaturated/α-hetero) is 1. The van der Waals surface area contributed by atoms with Gasteiger partial charge in [-0.1, -0.05) is 47.5 Å². The number of hydrogen-bond acceptors (Lipinski definition) is 3.